The zero-order valence-electron chi connectivity index (χ0n) is 8.22. The Morgan fingerprint density at radius 3 is 2.29 bits per heavy atom. The molecule has 0 aliphatic rings. The molecular formula is C11H4ClF3N2. The van der Waals surface area contributed by atoms with Gasteiger partial charge in [0.1, 0.15) is 17.7 Å². The van der Waals surface area contributed by atoms with Crippen LogP contribution in [0.4, 0.5) is 13.2 Å². The lowest BCUT2D eigenvalue weighted by atomic mass is 10.0. The Hall–Kier alpha value is -1.98. The fourth-order valence-electron chi connectivity index (χ4n) is 1.14. The first-order chi connectivity index (χ1) is 7.88. The summed E-state index contributed by atoms with van der Waals surface area (Å²) >= 11 is 5.48. The number of rotatable bonds is 1. The zero-order chi connectivity index (χ0) is 13.1. The first-order valence-corrected chi connectivity index (χ1v) is 4.65. The second-order valence-electron chi connectivity index (χ2n) is 3.01. The van der Waals surface area contributed by atoms with E-state index < -0.39 is 17.3 Å². The van der Waals surface area contributed by atoms with Crippen molar-refractivity contribution in [1.29, 1.82) is 10.5 Å². The lowest BCUT2D eigenvalue weighted by Gasteiger charge is -2.10. The van der Waals surface area contributed by atoms with E-state index in [1.54, 1.807) is 0 Å². The Bertz CT molecular complexity index is 531. The molecule has 0 saturated heterocycles. The predicted molar refractivity (Wildman–Crippen MR) is 55.7 cm³/mol. The van der Waals surface area contributed by atoms with Crippen molar-refractivity contribution in [3.8, 4) is 12.1 Å². The second-order valence-corrected chi connectivity index (χ2v) is 3.45. The minimum absolute atomic E-state index is 0.0649. The standard InChI is InChI=1S/C11H4ClF3N2/c12-9-2-1-8(3-7(5-16)6-17)10(4-9)11(13,14)15/h1-4H. The third-order valence-electron chi connectivity index (χ3n) is 1.86. The first-order valence-electron chi connectivity index (χ1n) is 4.27. The molecular weight excluding hydrogens is 253 g/mol. The largest absolute Gasteiger partial charge is 0.417 e. The number of hydrogen-bond acceptors (Lipinski definition) is 2. The predicted octanol–water partition coefficient (Wildman–Crippen LogP) is 3.79. The molecule has 1 aromatic rings. The lowest BCUT2D eigenvalue weighted by molar-refractivity contribution is -0.137. The van der Waals surface area contributed by atoms with Crippen molar-refractivity contribution in [2.24, 2.45) is 0 Å². The molecule has 0 fully saturated rings. The van der Waals surface area contributed by atoms with Gasteiger partial charge in [-0.15, -0.1) is 0 Å². The van der Waals surface area contributed by atoms with Crippen molar-refractivity contribution < 1.29 is 13.2 Å². The molecule has 17 heavy (non-hydrogen) atoms. The molecule has 0 heterocycles. The van der Waals surface area contributed by atoms with Gasteiger partial charge in [-0.3, -0.25) is 0 Å². The van der Waals surface area contributed by atoms with Crippen molar-refractivity contribution in [3.63, 3.8) is 0 Å². The summed E-state index contributed by atoms with van der Waals surface area (Å²) < 4.78 is 37.9. The number of allylic oxidation sites excluding steroid dienone is 1. The Morgan fingerprint density at radius 2 is 1.82 bits per heavy atom. The summed E-state index contributed by atoms with van der Waals surface area (Å²) in [5, 5.41) is 16.9. The van der Waals surface area contributed by atoms with Crippen LogP contribution >= 0.6 is 11.6 Å². The monoisotopic (exact) mass is 256 g/mol. The average molecular weight is 257 g/mol. The van der Waals surface area contributed by atoms with Gasteiger partial charge < -0.3 is 0 Å². The van der Waals surface area contributed by atoms with Gasteiger partial charge in [0.15, 0.2) is 0 Å². The molecule has 1 rings (SSSR count). The van der Waals surface area contributed by atoms with Crippen LogP contribution in [0.15, 0.2) is 23.8 Å². The summed E-state index contributed by atoms with van der Waals surface area (Å²) in [4.78, 5) is 0. The maximum Gasteiger partial charge on any atom is 0.417 e. The SMILES string of the molecule is N#CC(C#N)=Cc1ccc(Cl)cc1C(F)(F)F. The first kappa shape index (κ1) is 13.1. The summed E-state index contributed by atoms with van der Waals surface area (Å²) in [6.45, 7) is 0. The summed E-state index contributed by atoms with van der Waals surface area (Å²) in [6.07, 6.45) is -3.72. The van der Waals surface area contributed by atoms with Gasteiger partial charge in [0, 0.05) is 5.02 Å². The van der Waals surface area contributed by atoms with E-state index in [4.69, 9.17) is 22.1 Å². The van der Waals surface area contributed by atoms with E-state index in [9.17, 15) is 13.2 Å². The van der Waals surface area contributed by atoms with E-state index in [1.165, 1.54) is 18.2 Å². The molecule has 0 atom stereocenters. The molecule has 0 spiro atoms. The molecule has 0 unspecified atom stereocenters. The maximum absolute atomic E-state index is 12.6. The van der Waals surface area contributed by atoms with Crippen LogP contribution in [0.5, 0.6) is 0 Å². The van der Waals surface area contributed by atoms with Crippen LogP contribution in [-0.2, 0) is 6.18 Å². The topological polar surface area (TPSA) is 47.6 Å². The number of benzene rings is 1. The smallest absolute Gasteiger partial charge is 0.192 e. The zero-order valence-corrected chi connectivity index (χ0v) is 8.97. The van der Waals surface area contributed by atoms with E-state index in [1.807, 2.05) is 0 Å². The van der Waals surface area contributed by atoms with Gasteiger partial charge in [-0.05, 0) is 23.8 Å². The second kappa shape index (κ2) is 4.90. The average Bonchev–Trinajstić information content (AvgIpc) is 2.26. The lowest BCUT2D eigenvalue weighted by Crippen LogP contribution is -2.07. The minimum Gasteiger partial charge on any atom is -0.192 e. The van der Waals surface area contributed by atoms with E-state index in [0.717, 1.165) is 18.2 Å². The Balaban J connectivity index is 3.42. The molecule has 0 aromatic heterocycles. The van der Waals surface area contributed by atoms with Crippen molar-refractivity contribution in [2.45, 2.75) is 6.18 Å². The van der Waals surface area contributed by atoms with E-state index in [2.05, 4.69) is 0 Å². The Morgan fingerprint density at radius 1 is 1.24 bits per heavy atom. The molecule has 0 aliphatic carbocycles. The Labute approximate surface area is 100 Å². The molecule has 0 N–H and O–H groups in total. The van der Waals surface area contributed by atoms with Crippen LogP contribution in [0.3, 0.4) is 0 Å². The van der Waals surface area contributed by atoms with Gasteiger partial charge >= 0.3 is 6.18 Å². The number of nitrogens with zero attached hydrogens (tertiary/aromatic N) is 2. The molecule has 0 saturated carbocycles. The third kappa shape index (κ3) is 3.24. The highest BCUT2D eigenvalue weighted by atomic mass is 35.5. The van der Waals surface area contributed by atoms with Crippen molar-refractivity contribution in [1.82, 2.24) is 0 Å². The summed E-state index contributed by atoms with van der Waals surface area (Å²) in [5.74, 6) is 0. The van der Waals surface area contributed by atoms with Gasteiger partial charge in [-0.25, -0.2) is 0 Å². The van der Waals surface area contributed by atoms with Crippen molar-refractivity contribution >= 4 is 17.7 Å². The highest BCUT2D eigenvalue weighted by Gasteiger charge is 2.33. The van der Waals surface area contributed by atoms with Gasteiger partial charge in [-0.2, -0.15) is 23.7 Å². The third-order valence-corrected chi connectivity index (χ3v) is 2.10. The Kier molecular flexibility index (Phi) is 3.77. The highest BCUT2D eigenvalue weighted by molar-refractivity contribution is 6.30. The molecule has 0 bridgehead atoms. The summed E-state index contributed by atoms with van der Waals surface area (Å²) in [6, 6.07) is 6.11. The van der Waals surface area contributed by atoms with Gasteiger partial charge in [0.2, 0.25) is 0 Å². The fraction of sp³-hybridized carbons (Fsp3) is 0.0909. The molecule has 1 aromatic carbocycles. The van der Waals surface area contributed by atoms with Gasteiger partial charge in [0.25, 0.3) is 0 Å². The molecule has 0 aliphatic heterocycles. The van der Waals surface area contributed by atoms with E-state index in [-0.39, 0.29) is 10.6 Å². The molecule has 2 nitrogen and oxygen atoms in total. The number of nitriles is 2. The fourth-order valence-corrected chi connectivity index (χ4v) is 1.32. The van der Waals surface area contributed by atoms with Crippen LogP contribution in [0.2, 0.25) is 5.02 Å². The molecule has 6 heteroatoms. The van der Waals surface area contributed by atoms with E-state index in [0.29, 0.717) is 0 Å². The normalized spacial score (nSPS) is 10.2. The van der Waals surface area contributed by atoms with Crippen molar-refractivity contribution in [3.05, 3.63) is 39.9 Å². The maximum atomic E-state index is 12.6. The molecule has 86 valence electrons. The minimum atomic E-state index is -4.59. The highest BCUT2D eigenvalue weighted by Crippen LogP contribution is 2.34. The molecule has 0 radical (unpaired) electrons. The number of alkyl halides is 3. The molecule has 0 amide bonds. The summed E-state index contributed by atoms with van der Waals surface area (Å²) in [7, 11) is 0. The van der Waals surface area contributed by atoms with E-state index >= 15 is 0 Å². The number of halogens is 4. The van der Waals surface area contributed by atoms with Crippen LogP contribution in [0.1, 0.15) is 11.1 Å². The van der Waals surface area contributed by atoms with Crippen LogP contribution in [0.25, 0.3) is 6.08 Å². The van der Waals surface area contributed by atoms with Crippen molar-refractivity contribution in [2.75, 3.05) is 0 Å². The summed E-state index contributed by atoms with van der Waals surface area (Å²) in [5.41, 5.74) is -1.65. The van der Waals surface area contributed by atoms with Crippen LogP contribution in [-0.4, -0.2) is 0 Å². The number of hydrogen-bond donors (Lipinski definition) is 0. The van der Waals surface area contributed by atoms with Crippen LogP contribution in [0, 0.1) is 22.7 Å². The quantitative estimate of drug-likeness (QED) is 0.718. The van der Waals surface area contributed by atoms with Crippen LogP contribution < -0.4 is 0 Å². The van der Waals surface area contributed by atoms with Gasteiger partial charge in [0.05, 0.1) is 5.56 Å². The van der Waals surface area contributed by atoms with Gasteiger partial charge in [-0.1, -0.05) is 17.7 Å².